The standard InChI is InChI=1S/C21H22N4O/c1-15(2)17-10-6-7-11-18(17)25-21(26)19-12-20(24-14-23-19)22-13-16-8-4-3-5-9-16/h3-12,14-15H,13H2,1-2H3,(H,25,26)(H,22,23,24). The van der Waals surface area contributed by atoms with E-state index in [1.54, 1.807) is 6.07 Å². The molecule has 0 saturated carbocycles. The summed E-state index contributed by atoms with van der Waals surface area (Å²) in [7, 11) is 0. The highest BCUT2D eigenvalue weighted by atomic mass is 16.1. The highest BCUT2D eigenvalue weighted by Gasteiger charge is 2.12. The number of nitrogens with zero attached hydrogens (tertiary/aromatic N) is 2. The van der Waals surface area contributed by atoms with Gasteiger partial charge >= 0.3 is 0 Å². The maximum Gasteiger partial charge on any atom is 0.274 e. The number of aromatic nitrogens is 2. The SMILES string of the molecule is CC(C)c1ccccc1NC(=O)c1cc(NCc2ccccc2)ncn1. The first kappa shape index (κ1) is 17.6. The number of hydrogen-bond donors (Lipinski definition) is 2. The van der Waals surface area contributed by atoms with E-state index in [2.05, 4.69) is 34.4 Å². The van der Waals surface area contributed by atoms with Gasteiger partial charge in [0, 0.05) is 18.3 Å². The van der Waals surface area contributed by atoms with E-state index < -0.39 is 0 Å². The van der Waals surface area contributed by atoms with Crippen molar-refractivity contribution in [2.75, 3.05) is 10.6 Å². The van der Waals surface area contributed by atoms with Crippen LogP contribution in [0.2, 0.25) is 0 Å². The molecule has 0 bridgehead atoms. The number of benzene rings is 2. The predicted molar refractivity (Wildman–Crippen MR) is 104 cm³/mol. The molecule has 0 fully saturated rings. The molecule has 0 unspecified atom stereocenters. The van der Waals surface area contributed by atoms with E-state index in [4.69, 9.17) is 0 Å². The second-order valence-corrected chi connectivity index (χ2v) is 6.32. The molecule has 1 amide bonds. The van der Waals surface area contributed by atoms with Crippen LogP contribution in [0.5, 0.6) is 0 Å². The maximum absolute atomic E-state index is 12.6. The van der Waals surface area contributed by atoms with Crippen molar-refractivity contribution in [2.45, 2.75) is 26.3 Å². The van der Waals surface area contributed by atoms with E-state index in [0.717, 1.165) is 16.8 Å². The lowest BCUT2D eigenvalue weighted by Gasteiger charge is -2.13. The van der Waals surface area contributed by atoms with Crippen LogP contribution in [0.3, 0.4) is 0 Å². The van der Waals surface area contributed by atoms with Crippen molar-refractivity contribution in [3.8, 4) is 0 Å². The Morgan fingerprint density at radius 1 is 1.00 bits per heavy atom. The van der Waals surface area contributed by atoms with Gasteiger partial charge in [0.05, 0.1) is 0 Å². The lowest BCUT2D eigenvalue weighted by molar-refractivity contribution is 0.102. The van der Waals surface area contributed by atoms with Crippen molar-refractivity contribution in [3.05, 3.63) is 83.8 Å². The molecule has 2 aromatic carbocycles. The van der Waals surface area contributed by atoms with Gasteiger partial charge in [0.1, 0.15) is 17.8 Å². The fourth-order valence-corrected chi connectivity index (χ4v) is 2.67. The van der Waals surface area contributed by atoms with E-state index in [-0.39, 0.29) is 5.91 Å². The molecule has 3 rings (SSSR count). The van der Waals surface area contributed by atoms with Crippen molar-refractivity contribution in [1.82, 2.24) is 9.97 Å². The molecule has 1 aromatic heterocycles. The number of rotatable bonds is 6. The molecule has 0 aliphatic heterocycles. The zero-order valence-electron chi connectivity index (χ0n) is 14.9. The van der Waals surface area contributed by atoms with Gasteiger partial charge in [-0.25, -0.2) is 9.97 Å². The lowest BCUT2D eigenvalue weighted by atomic mass is 10.0. The maximum atomic E-state index is 12.6. The molecule has 0 atom stereocenters. The van der Waals surface area contributed by atoms with Gasteiger partial charge < -0.3 is 10.6 Å². The van der Waals surface area contributed by atoms with Gasteiger partial charge in [-0.2, -0.15) is 0 Å². The van der Waals surface area contributed by atoms with Crippen molar-refractivity contribution in [3.63, 3.8) is 0 Å². The monoisotopic (exact) mass is 346 g/mol. The first-order chi connectivity index (χ1) is 12.6. The number of para-hydroxylation sites is 1. The van der Waals surface area contributed by atoms with E-state index in [9.17, 15) is 4.79 Å². The van der Waals surface area contributed by atoms with Gasteiger partial charge in [-0.3, -0.25) is 4.79 Å². The van der Waals surface area contributed by atoms with Crippen LogP contribution in [0.15, 0.2) is 67.0 Å². The van der Waals surface area contributed by atoms with Gasteiger partial charge in [0.2, 0.25) is 0 Å². The minimum atomic E-state index is -0.247. The predicted octanol–water partition coefficient (Wildman–Crippen LogP) is 4.46. The Morgan fingerprint density at radius 3 is 2.50 bits per heavy atom. The Balaban J connectivity index is 1.70. The molecule has 0 aliphatic rings. The first-order valence-electron chi connectivity index (χ1n) is 8.63. The number of nitrogens with one attached hydrogen (secondary N) is 2. The Hall–Kier alpha value is -3.21. The minimum Gasteiger partial charge on any atom is -0.366 e. The first-order valence-corrected chi connectivity index (χ1v) is 8.63. The van der Waals surface area contributed by atoms with Gasteiger partial charge in [-0.15, -0.1) is 0 Å². The topological polar surface area (TPSA) is 66.9 Å². The molecule has 5 heteroatoms. The third-order valence-corrected chi connectivity index (χ3v) is 4.05. The zero-order valence-corrected chi connectivity index (χ0v) is 14.9. The quantitative estimate of drug-likeness (QED) is 0.691. The summed E-state index contributed by atoms with van der Waals surface area (Å²) in [6, 6.07) is 19.5. The van der Waals surface area contributed by atoms with E-state index in [1.165, 1.54) is 6.33 Å². The second kappa shape index (κ2) is 8.25. The summed E-state index contributed by atoms with van der Waals surface area (Å²) in [5.41, 5.74) is 3.37. The molecule has 132 valence electrons. The highest BCUT2D eigenvalue weighted by molar-refractivity contribution is 6.03. The van der Waals surface area contributed by atoms with Crippen molar-refractivity contribution < 1.29 is 4.79 Å². The molecule has 3 aromatic rings. The average Bonchev–Trinajstić information content (AvgIpc) is 2.67. The zero-order chi connectivity index (χ0) is 18.4. The fraction of sp³-hybridized carbons (Fsp3) is 0.190. The second-order valence-electron chi connectivity index (χ2n) is 6.32. The number of anilines is 2. The summed E-state index contributed by atoms with van der Waals surface area (Å²) in [5, 5.41) is 6.17. The highest BCUT2D eigenvalue weighted by Crippen LogP contribution is 2.24. The van der Waals surface area contributed by atoms with E-state index in [0.29, 0.717) is 24.0 Å². The molecule has 0 saturated heterocycles. The van der Waals surface area contributed by atoms with E-state index >= 15 is 0 Å². The van der Waals surface area contributed by atoms with Crippen LogP contribution < -0.4 is 10.6 Å². The summed E-state index contributed by atoms with van der Waals surface area (Å²) in [6.45, 7) is 4.83. The van der Waals surface area contributed by atoms with Gasteiger partial charge in [0.15, 0.2) is 0 Å². The minimum absolute atomic E-state index is 0.247. The van der Waals surface area contributed by atoms with Crippen LogP contribution in [0, 0.1) is 0 Å². The number of hydrogen-bond acceptors (Lipinski definition) is 4. The number of carbonyl (C=O) groups is 1. The van der Waals surface area contributed by atoms with Crippen molar-refractivity contribution >= 4 is 17.4 Å². The molecule has 0 spiro atoms. The Bertz CT molecular complexity index is 878. The summed E-state index contributed by atoms with van der Waals surface area (Å²) in [4.78, 5) is 20.9. The molecule has 2 N–H and O–H groups in total. The van der Waals surface area contributed by atoms with Crippen LogP contribution in [-0.2, 0) is 6.54 Å². The summed E-state index contributed by atoms with van der Waals surface area (Å²) in [6.07, 6.45) is 1.40. The van der Waals surface area contributed by atoms with Crippen molar-refractivity contribution in [1.29, 1.82) is 0 Å². The normalized spacial score (nSPS) is 10.6. The molecule has 5 nitrogen and oxygen atoms in total. The van der Waals surface area contributed by atoms with Crippen LogP contribution >= 0.6 is 0 Å². The largest absolute Gasteiger partial charge is 0.366 e. The Kier molecular flexibility index (Phi) is 5.59. The molecule has 0 radical (unpaired) electrons. The van der Waals surface area contributed by atoms with Gasteiger partial charge in [0.25, 0.3) is 5.91 Å². The molecule has 1 heterocycles. The third kappa shape index (κ3) is 4.45. The smallest absolute Gasteiger partial charge is 0.274 e. The summed E-state index contributed by atoms with van der Waals surface area (Å²) >= 11 is 0. The van der Waals surface area contributed by atoms with Gasteiger partial charge in [-0.1, -0.05) is 62.4 Å². The number of carbonyl (C=O) groups excluding carboxylic acids is 1. The van der Waals surface area contributed by atoms with Gasteiger partial charge in [-0.05, 0) is 23.1 Å². The number of amides is 1. The Labute approximate surface area is 153 Å². The lowest BCUT2D eigenvalue weighted by Crippen LogP contribution is -2.16. The van der Waals surface area contributed by atoms with Crippen LogP contribution in [0.4, 0.5) is 11.5 Å². The third-order valence-electron chi connectivity index (χ3n) is 4.05. The van der Waals surface area contributed by atoms with Crippen LogP contribution in [0.25, 0.3) is 0 Å². The fourth-order valence-electron chi connectivity index (χ4n) is 2.67. The van der Waals surface area contributed by atoms with E-state index in [1.807, 2.05) is 54.6 Å². The molecular formula is C21H22N4O. The molecular weight excluding hydrogens is 324 g/mol. The summed E-state index contributed by atoms with van der Waals surface area (Å²) in [5.74, 6) is 0.689. The molecule has 0 aliphatic carbocycles. The summed E-state index contributed by atoms with van der Waals surface area (Å²) < 4.78 is 0. The average molecular weight is 346 g/mol. The molecule has 26 heavy (non-hydrogen) atoms. The van der Waals surface area contributed by atoms with Crippen molar-refractivity contribution in [2.24, 2.45) is 0 Å². The van der Waals surface area contributed by atoms with Crippen LogP contribution in [-0.4, -0.2) is 15.9 Å². The Morgan fingerprint density at radius 2 is 1.73 bits per heavy atom. The van der Waals surface area contributed by atoms with Crippen LogP contribution in [0.1, 0.15) is 41.4 Å².